The number of carbonyl (C=O) groups excluding carboxylic acids is 1. The quantitative estimate of drug-likeness (QED) is 0.634. The van der Waals surface area contributed by atoms with Gasteiger partial charge >= 0.3 is 0 Å². The molecule has 1 aromatic heterocycles. The molecule has 3 rings (SSSR count). The first-order valence-corrected chi connectivity index (χ1v) is 6.33. The van der Waals surface area contributed by atoms with Crippen molar-refractivity contribution in [2.45, 2.75) is 6.92 Å². The van der Waals surface area contributed by atoms with Gasteiger partial charge in [0.2, 0.25) is 0 Å². The van der Waals surface area contributed by atoms with E-state index in [1.165, 1.54) is 5.56 Å². The highest BCUT2D eigenvalue weighted by Crippen LogP contribution is 2.25. The molecule has 2 heteroatoms. The Morgan fingerprint density at radius 1 is 1.00 bits per heavy atom. The number of hydrogen-bond donors (Lipinski definition) is 0. The smallest absolute Gasteiger partial charge is 0.195 e. The fourth-order valence-corrected chi connectivity index (χ4v) is 2.60. The maximum absolute atomic E-state index is 12.6. The van der Waals surface area contributed by atoms with E-state index < -0.39 is 0 Å². The van der Waals surface area contributed by atoms with E-state index in [9.17, 15) is 4.79 Å². The monoisotopic (exact) mass is 249 g/mol. The van der Waals surface area contributed by atoms with Crippen molar-refractivity contribution in [1.82, 2.24) is 4.57 Å². The molecule has 2 nitrogen and oxygen atoms in total. The highest BCUT2D eigenvalue weighted by atomic mass is 16.1. The highest BCUT2D eigenvalue weighted by molar-refractivity contribution is 6.16. The van der Waals surface area contributed by atoms with Crippen LogP contribution in [0.2, 0.25) is 0 Å². The molecule has 0 unspecified atom stereocenters. The average Bonchev–Trinajstić information content (AvgIpc) is 2.78. The van der Waals surface area contributed by atoms with Gasteiger partial charge in [-0.15, -0.1) is 0 Å². The number of nitrogens with zero attached hydrogens (tertiary/aromatic N) is 1. The second-order valence-electron chi connectivity index (χ2n) is 4.82. The lowest BCUT2D eigenvalue weighted by molar-refractivity contribution is 0.104. The molecule has 0 amide bonds. The van der Waals surface area contributed by atoms with Crippen LogP contribution in [0.4, 0.5) is 0 Å². The molecule has 0 N–H and O–H groups in total. The first-order valence-electron chi connectivity index (χ1n) is 6.33. The van der Waals surface area contributed by atoms with Crippen molar-refractivity contribution >= 4 is 16.7 Å². The van der Waals surface area contributed by atoms with Crippen LogP contribution < -0.4 is 0 Å². The molecule has 0 aliphatic carbocycles. The van der Waals surface area contributed by atoms with Crippen LogP contribution in [-0.2, 0) is 7.05 Å². The van der Waals surface area contributed by atoms with E-state index in [0.29, 0.717) is 0 Å². The predicted octanol–water partition coefficient (Wildman–Crippen LogP) is 3.72. The summed E-state index contributed by atoms with van der Waals surface area (Å²) >= 11 is 0. The maximum Gasteiger partial charge on any atom is 0.195 e. The predicted molar refractivity (Wildman–Crippen MR) is 77.5 cm³/mol. The number of benzene rings is 2. The van der Waals surface area contributed by atoms with Gasteiger partial charge in [0.1, 0.15) is 0 Å². The zero-order chi connectivity index (χ0) is 13.4. The first kappa shape index (κ1) is 11.7. The Hall–Kier alpha value is -2.35. The van der Waals surface area contributed by atoms with Gasteiger partial charge in [-0.05, 0) is 12.5 Å². The van der Waals surface area contributed by atoms with Crippen LogP contribution in [0, 0.1) is 6.92 Å². The van der Waals surface area contributed by atoms with Crippen LogP contribution in [0.3, 0.4) is 0 Å². The van der Waals surface area contributed by atoms with Gasteiger partial charge in [-0.1, -0.05) is 48.5 Å². The van der Waals surface area contributed by atoms with Gasteiger partial charge in [-0.25, -0.2) is 0 Å². The van der Waals surface area contributed by atoms with Crippen LogP contribution in [0.5, 0.6) is 0 Å². The average molecular weight is 249 g/mol. The summed E-state index contributed by atoms with van der Waals surface area (Å²) in [6.45, 7) is 2.07. The number of aromatic nitrogens is 1. The molecule has 3 aromatic rings. The van der Waals surface area contributed by atoms with E-state index in [2.05, 4.69) is 13.0 Å². The summed E-state index contributed by atoms with van der Waals surface area (Å²) in [6, 6.07) is 15.5. The topological polar surface area (TPSA) is 22.0 Å². The Labute approximate surface area is 112 Å². The zero-order valence-electron chi connectivity index (χ0n) is 11.1. The van der Waals surface area contributed by atoms with Gasteiger partial charge in [0.15, 0.2) is 5.78 Å². The molecule has 0 fully saturated rings. The first-order chi connectivity index (χ1) is 9.18. The molecule has 0 saturated heterocycles. The normalized spacial score (nSPS) is 10.8. The third-order valence-electron chi connectivity index (χ3n) is 3.48. The number of fused-ring (bicyclic) bond motifs is 1. The second kappa shape index (κ2) is 4.39. The molecule has 19 heavy (non-hydrogen) atoms. The minimum atomic E-state index is 0.0804. The summed E-state index contributed by atoms with van der Waals surface area (Å²) in [7, 11) is 1.98. The fourth-order valence-electron chi connectivity index (χ4n) is 2.60. The Morgan fingerprint density at radius 3 is 2.47 bits per heavy atom. The highest BCUT2D eigenvalue weighted by Gasteiger charge is 2.16. The SMILES string of the molecule is Cc1cccc2c(C(=O)c3ccccc3)cn(C)c12. The summed E-state index contributed by atoms with van der Waals surface area (Å²) in [4.78, 5) is 12.6. The van der Waals surface area contributed by atoms with Crippen molar-refractivity contribution in [2.24, 2.45) is 7.05 Å². The number of rotatable bonds is 2. The van der Waals surface area contributed by atoms with Gasteiger partial charge in [-0.2, -0.15) is 0 Å². The maximum atomic E-state index is 12.6. The van der Waals surface area contributed by atoms with Crippen LogP contribution in [-0.4, -0.2) is 10.4 Å². The van der Waals surface area contributed by atoms with E-state index >= 15 is 0 Å². The minimum absolute atomic E-state index is 0.0804. The van der Waals surface area contributed by atoms with Crippen LogP contribution >= 0.6 is 0 Å². The number of ketones is 1. The summed E-state index contributed by atoms with van der Waals surface area (Å²) < 4.78 is 2.03. The number of carbonyl (C=O) groups is 1. The Morgan fingerprint density at radius 2 is 1.74 bits per heavy atom. The van der Waals surface area contributed by atoms with E-state index in [4.69, 9.17) is 0 Å². The van der Waals surface area contributed by atoms with Crippen molar-refractivity contribution < 1.29 is 4.79 Å². The summed E-state index contributed by atoms with van der Waals surface area (Å²) in [5.41, 5.74) is 3.82. The van der Waals surface area contributed by atoms with Crippen molar-refractivity contribution in [1.29, 1.82) is 0 Å². The summed E-state index contributed by atoms with van der Waals surface area (Å²) in [5, 5.41) is 1.02. The van der Waals surface area contributed by atoms with E-state index in [0.717, 1.165) is 22.0 Å². The fraction of sp³-hybridized carbons (Fsp3) is 0.118. The number of aryl methyl sites for hydroxylation is 2. The zero-order valence-corrected chi connectivity index (χ0v) is 11.1. The second-order valence-corrected chi connectivity index (χ2v) is 4.82. The van der Waals surface area contributed by atoms with E-state index in [1.807, 2.05) is 60.3 Å². The molecule has 0 saturated carbocycles. The number of hydrogen-bond acceptors (Lipinski definition) is 1. The third kappa shape index (κ3) is 1.85. The molecular weight excluding hydrogens is 234 g/mol. The van der Waals surface area contributed by atoms with Gasteiger partial charge in [0.25, 0.3) is 0 Å². The molecule has 0 radical (unpaired) electrons. The van der Waals surface area contributed by atoms with E-state index in [-0.39, 0.29) is 5.78 Å². The third-order valence-corrected chi connectivity index (χ3v) is 3.48. The molecule has 0 spiro atoms. The van der Waals surface area contributed by atoms with Gasteiger partial charge < -0.3 is 4.57 Å². The van der Waals surface area contributed by atoms with Crippen molar-refractivity contribution in [3.8, 4) is 0 Å². The van der Waals surface area contributed by atoms with Crippen molar-refractivity contribution in [3.63, 3.8) is 0 Å². The van der Waals surface area contributed by atoms with Crippen molar-refractivity contribution in [2.75, 3.05) is 0 Å². The summed E-state index contributed by atoms with van der Waals surface area (Å²) in [5.74, 6) is 0.0804. The standard InChI is InChI=1S/C17H15NO/c1-12-7-6-10-14-15(11-18(2)16(12)14)17(19)13-8-4-3-5-9-13/h3-11H,1-2H3. The molecule has 1 heterocycles. The lowest BCUT2D eigenvalue weighted by atomic mass is 10.0. The molecule has 0 aliphatic heterocycles. The Kier molecular flexibility index (Phi) is 2.71. The Balaban J connectivity index is 2.22. The van der Waals surface area contributed by atoms with Crippen LogP contribution in [0.25, 0.3) is 10.9 Å². The molecule has 0 aliphatic rings. The minimum Gasteiger partial charge on any atom is -0.350 e. The van der Waals surface area contributed by atoms with Crippen molar-refractivity contribution in [3.05, 3.63) is 71.4 Å². The molecule has 2 aromatic carbocycles. The van der Waals surface area contributed by atoms with Gasteiger partial charge in [0.05, 0.1) is 5.52 Å². The number of para-hydroxylation sites is 1. The molecule has 94 valence electrons. The lowest BCUT2D eigenvalue weighted by Crippen LogP contribution is -1.99. The Bertz CT molecular complexity index is 754. The lowest BCUT2D eigenvalue weighted by Gasteiger charge is -2.01. The van der Waals surface area contributed by atoms with E-state index in [1.54, 1.807) is 0 Å². The molecule has 0 bridgehead atoms. The van der Waals surface area contributed by atoms with Crippen LogP contribution in [0.15, 0.2) is 54.7 Å². The molecule has 0 atom stereocenters. The van der Waals surface area contributed by atoms with Gasteiger partial charge in [0, 0.05) is 29.8 Å². The van der Waals surface area contributed by atoms with Gasteiger partial charge in [-0.3, -0.25) is 4.79 Å². The van der Waals surface area contributed by atoms with Crippen LogP contribution in [0.1, 0.15) is 21.5 Å². The molecular formula is C17H15NO. The summed E-state index contributed by atoms with van der Waals surface area (Å²) in [6.07, 6.45) is 1.92. The largest absolute Gasteiger partial charge is 0.350 e.